The molecule has 8 nitrogen and oxygen atoms in total. The van der Waals surface area contributed by atoms with Crippen molar-refractivity contribution in [3.05, 3.63) is 53.6 Å². The van der Waals surface area contributed by atoms with Crippen LogP contribution in [0.25, 0.3) is 0 Å². The van der Waals surface area contributed by atoms with Gasteiger partial charge in [0, 0.05) is 32.7 Å². The zero-order valence-electron chi connectivity index (χ0n) is 20.4. The molecule has 34 heavy (non-hydrogen) atoms. The van der Waals surface area contributed by atoms with Gasteiger partial charge in [-0.2, -0.15) is 4.31 Å². The Balaban J connectivity index is 1.43. The molecule has 2 aromatic rings. The molecule has 0 radical (unpaired) electrons. The molecule has 1 fully saturated rings. The Hall–Kier alpha value is -2.17. The van der Waals surface area contributed by atoms with E-state index in [2.05, 4.69) is 18.7 Å². The van der Waals surface area contributed by atoms with Gasteiger partial charge in [-0.15, -0.1) is 0 Å². The summed E-state index contributed by atoms with van der Waals surface area (Å²) in [6.07, 6.45) is -0.660. The maximum Gasteiger partial charge on any atom is 0.243 e. The van der Waals surface area contributed by atoms with Gasteiger partial charge in [0.1, 0.15) is 0 Å². The maximum absolute atomic E-state index is 13.0. The molecule has 0 amide bonds. The van der Waals surface area contributed by atoms with Crippen LogP contribution in [0.5, 0.6) is 11.5 Å². The predicted octanol–water partition coefficient (Wildman–Crippen LogP) is 2.71. The molecule has 1 N–H and O–H groups in total. The average Bonchev–Trinajstić information content (AvgIpc) is 2.84. The molecule has 0 aromatic heterocycles. The number of β-amino-alcohol motifs (C(OH)–C–C–N with tert-alkyl or cyclic N) is 1. The normalized spacial score (nSPS) is 16.5. The lowest BCUT2D eigenvalue weighted by Crippen LogP contribution is -2.50. The summed E-state index contributed by atoms with van der Waals surface area (Å²) in [4.78, 5) is 2.40. The smallest absolute Gasteiger partial charge is 0.243 e. The Bertz CT molecular complexity index is 1020. The average molecular weight is 493 g/mol. The highest BCUT2D eigenvalue weighted by Gasteiger charge is 2.29. The molecular weight excluding hydrogens is 456 g/mol. The highest BCUT2D eigenvalue weighted by Crippen LogP contribution is 2.28. The van der Waals surface area contributed by atoms with Crippen LogP contribution in [0, 0.1) is 0 Å². The molecule has 1 heterocycles. The van der Waals surface area contributed by atoms with E-state index in [1.165, 1.54) is 4.31 Å². The minimum absolute atomic E-state index is 0.190. The Labute approximate surface area is 203 Å². The molecule has 0 aliphatic carbocycles. The first-order chi connectivity index (χ1) is 16.2. The molecule has 1 atom stereocenters. The quantitative estimate of drug-likeness (QED) is 0.516. The van der Waals surface area contributed by atoms with Crippen molar-refractivity contribution < 1.29 is 27.7 Å². The Morgan fingerprint density at radius 1 is 0.941 bits per heavy atom. The molecule has 1 aliphatic heterocycles. The second kappa shape index (κ2) is 12.0. The lowest BCUT2D eigenvalue weighted by atomic mass is 10.0. The number of aliphatic hydroxyl groups is 1. The number of aliphatic hydroxyl groups excluding tert-OH is 1. The fraction of sp³-hybridized carbons (Fsp3) is 0.520. The van der Waals surface area contributed by atoms with Gasteiger partial charge in [-0.05, 0) is 41.3 Å². The van der Waals surface area contributed by atoms with Crippen LogP contribution in [-0.4, -0.2) is 82.4 Å². The molecule has 1 aliphatic rings. The fourth-order valence-corrected chi connectivity index (χ4v) is 5.38. The summed E-state index contributed by atoms with van der Waals surface area (Å²) in [5.74, 6) is 1.64. The van der Waals surface area contributed by atoms with Crippen LogP contribution >= 0.6 is 0 Å². The first-order valence-electron chi connectivity index (χ1n) is 11.5. The van der Waals surface area contributed by atoms with E-state index in [-0.39, 0.29) is 6.61 Å². The number of benzene rings is 2. The monoisotopic (exact) mass is 492 g/mol. The van der Waals surface area contributed by atoms with E-state index in [1.54, 1.807) is 26.4 Å². The summed E-state index contributed by atoms with van der Waals surface area (Å²) < 4.78 is 43.7. The summed E-state index contributed by atoms with van der Waals surface area (Å²) in [7, 11) is -0.342. The minimum Gasteiger partial charge on any atom is -0.493 e. The third-order valence-corrected chi connectivity index (χ3v) is 7.92. The van der Waals surface area contributed by atoms with Crippen LogP contribution in [0.15, 0.2) is 47.4 Å². The third kappa shape index (κ3) is 6.70. The van der Waals surface area contributed by atoms with E-state index in [0.717, 1.165) is 11.1 Å². The Morgan fingerprint density at radius 3 is 2.18 bits per heavy atom. The van der Waals surface area contributed by atoms with Gasteiger partial charge in [0.25, 0.3) is 0 Å². The van der Waals surface area contributed by atoms with Crippen LogP contribution in [0.1, 0.15) is 30.9 Å². The van der Waals surface area contributed by atoms with Gasteiger partial charge >= 0.3 is 0 Å². The standard InChI is InChI=1S/C25H36N2O6S/c1-19(2)21-6-8-23(9-7-21)34(29,30)27-13-11-26(12-14-27)16-22(28)18-33-17-20-5-10-24(31-3)25(15-20)32-4/h5-10,15,19,22,28H,11-14,16-18H2,1-4H3/t22-/m0/s1. The first-order valence-corrected chi connectivity index (χ1v) is 13.0. The number of methoxy groups -OCH3 is 2. The van der Waals surface area contributed by atoms with Gasteiger partial charge in [0.15, 0.2) is 11.5 Å². The first kappa shape index (κ1) is 26.4. The van der Waals surface area contributed by atoms with Gasteiger partial charge in [-0.1, -0.05) is 32.0 Å². The molecular formula is C25H36N2O6S. The van der Waals surface area contributed by atoms with Gasteiger partial charge in [-0.25, -0.2) is 8.42 Å². The van der Waals surface area contributed by atoms with Crippen molar-refractivity contribution in [3.8, 4) is 11.5 Å². The molecule has 9 heteroatoms. The van der Waals surface area contributed by atoms with Crippen molar-refractivity contribution in [3.63, 3.8) is 0 Å². The summed E-state index contributed by atoms with van der Waals surface area (Å²) >= 11 is 0. The second-order valence-electron chi connectivity index (χ2n) is 8.79. The molecule has 0 spiro atoms. The fourth-order valence-electron chi connectivity index (χ4n) is 3.96. The highest BCUT2D eigenvalue weighted by atomic mass is 32.2. The van der Waals surface area contributed by atoms with E-state index in [9.17, 15) is 13.5 Å². The van der Waals surface area contributed by atoms with Crippen molar-refractivity contribution >= 4 is 10.0 Å². The Kier molecular flexibility index (Phi) is 9.32. The zero-order valence-corrected chi connectivity index (χ0v) is 21.3. The number of hydrogen-bond acceptors (Lipinski definition) is 7. The summed E-state index contributed by atoms with van der Waals surface area (Å²) in [6, 6.07) is 12.7. The van der Waals surface area contributed by atoms with Crippen molar-refractivity contribution in [2.45, 2.75) is 37.4 Å². The lowest BCUT2D eigenvalue weighted by Gasteiger charge is -2.34. The lowest BCUT2D eigenvalue weighted by molar-refractivity contribution is 0.00534. The number of piperazine rings is 1. The van der Waals surface area contributed by atoms with Crippen molar-refractivity contribution in [1.29, 1.82) is 0 Å². The van der Waals surface area contributed by atoms with Gasteiger partial charge in [0.2, 0.25) is 10.0 Å². The van der Waals surface area contributed by atoms with Crippen LogP contribution in [-0.2, 0) is 21.4 Å². The van der Waals surface area contributed by atoms with Crippen LogP contribution in [0.3, 0.4) is 0 Å². The van der Waals surface area contributed by atoms with Crippen LogP contribution in [0.4, 0.5) is 0 Å². The second-order valence-corrected chi connectivity index (χ2v) is 10.7. The molecule has 2 aromatic carbocycles. The number of hydrogen-bond donors (Lipinski definition) is 1. The molecule has 0 unspecified atom stereocenters. The van der Waals surface area contributed by atoms with Crippen LogP contribution in [0.2, 0.25) is 0 Å². The molecule has 188 valence electrons. The van der Waals surface area contributed by atoms with Gasteiger partial charge in [-0.3, -0.25) is 4.90 Å². The van der Waals surface area contributed by atoms with Crippen molar-refractivity contribution in [1.82, 2.24) is 9.21 Å². The van der Waals surface area contributed by atoms with Gasteiger partial charge in [0.05, 0.1) is 38.4 Å². The third-order valence-electron chi connectivity index (χ3n) is 6.01. The van der Waals surface area contributed by atoms with Crippen molar-refractivity contribution in [2.24, 2.45) is 0 Å². The molecule has 0 bridgehead atoms. The predicted molar refractivity (Wildman–Crippen MR) is 131 cm³/mol. The summed E-state index contributed by atoms with van der Waals surface area (Å²) in [5, 5.41) is 10.4. The topological polar surface area (TPSA) is 88.5 Å². The molecule has 0 saturated carbocycles. The number of sulfonamides is 1. The van der Waals surface area contributed by atoms with E-state index in [4.69, 9.17) is 14.2 Å². The van der Waals surface area contributed by atoms with Crippen molar-refractivity contribution in [2.75, 3.05) is 53.6 Å². The largest absolute Gasteiger partial charge is 0.493 e. The van der Waals surface area contributed by atoms with Gasteiger partial charge < -0.3 is 19.3 Å². The SMILES string of the molecule is COc1ccc(COC[C@@H](O)CN2CCN(S(=O)(=O)c3ccc(C(C)C)cc3)CC2)cc1OC. The number of nitrogens with zero attached hydrogens (tertiary/aromatic N) is 2. The van der Waals surface area contributed by atoms with Crippen LogP contribution < -0.4 is 9.47 Å². The van der Waals surface area contributed by atoms with E-state index in [0.29, 0.717) is 61.6 Å². The summed E-state index contributed by atoms with van der Waals surface area (Å²) in [5.41, 5.74) is 2.04. The number of rotatable bonds is 11. The molecule has 3 rings (SSSR count). The summed E-state index contributed by atoms with van der Waals surface area (Å²) in [6.45, 7) is 7.06. The maximum atomic E-state index is 13.0. The highest BCUT2D eigenvalue weighted by molar-refractivity contribution is 7.89. The number of ether oxygens (including phenoxy) is 3. The molecule has 1 saturated heterocycles. The Morgan fingerprint density at radius 2 is 1.59 bits per heavy atom. The van der Waals surface area contributed by atoms with E-state index >= 15 is 0 Å². The zero-order chi connectivity index (χ0) is 24.7. The minimum atomic E-state index is -3.51. The van der Waals surface area contributed by atoms with E-state index in [1.807, 2.05) is 30.3 Å². The van der Waals surface area contributed by atoms with E-state index < -0.39 is 16.1 Å².